The lowest BCUT2D eigenvalue weighted by atomic mass is 10.0. The molecule has 3 aromatic carbocycles. The van der Waals surface area contributed by atoms with E-state index in [1.165, 1.54) is 12.1 Å². The number of amides is 2. The minimum Gasteiger partial charge on any atom is -0.379 e. The highest BCUT2D eigenvalue weighted by Crippen LogP contribution is 2.22. The maximum Gasteiger partial charge on any atom is 0.239 e. The van der Waals surface area contributed by atoms with Crippen LogP contribution in [0.15, 0.2) is 66.7 Å². The Morgan fingerprint density at radius 1 is 0.909 bits per heavy atom. The molecule has 0 saturated carbocycles. The topological polar surface area (TPSA) is 70.7 Å². The number of hydrogen-bond acceptors (Lipinski definition) is 4. The van der Waals surface area contributed by atoms with Gasteiger partial charge in [-0.1, -0.05) is 54.6 Å². The van der Waals surface area contributed by atoms with Gasteiger partial charge in [-0.25, -0.2) is 4.39 Å². The van der Waals surface area contributed by atoms with Gasteiger partial charge in [0, 0.05) is 19.6 Å². The number of halogens is 1. The molecule has 0 aliphatic carbocycles. The van der Waals surface area contributed by atoms with E-state index in [0.717, 1.165) is 35.0 Å². The molecule has 2 amide bonds. The Morgan fingerprint density at radius 3 is 2.42 bits per heavy atom. The first kappa shape index (κ1) is 22.9. The molecule has 1 heterocycles. The second-order valence-electron chi connectivity index (χ2n) is 8.11. The predicted octanol–water partition coefficient (Wildman–Crippen LogP) is 2.83. The van der Waals surface area contributed by atoms with Gasteiger partial charge in [0.1, 0.15) is 5.82 Å². The third-order valence-electron chi connectivity index (χ3n) is 5.91. The van der Waals surface area contributed by atoms with Crippen LogP contribution in [0.3, 0.4) is 0 Å². The minimum absolute atomic E-state index is 0.0927. The summed E-state index contributed by atoms with van der Waals surface area (Å²) in [5.41, 5.74) is 1.85. The second kappa shape index (κ2) is 11.0. The van der Waals surface area contributed by atoms with E-state index in [4.69, 9.17) is 4.74 Å². The molecule has 0 bridgehead atoms. The van der Waals surface area contributed by atoms with Crippen LogP contribution in [-0.4, -0.2) is 56.1 Å². The van der Waals surface area contributed by atoms with Crippen LogP contribution in [0.1, 0.15) is 17.2 Å². The summed E-state index contributed by atoms with van der Waals surface area (Å²) in [5, 5.41) is 7.74. The molecule has 1 aliphatic heterocycles. The van der Waals surface area contributed by atoms with Crippen molar-refractivity contribution in [3.8, 4) is 0 Å². The summed E-state index contributed by atoms with van der Waals surface area (Å²) < 4.78 is 18.8. The Bertz CT molecular complexity index is 1090. The molecular weight excluding hydrogens is 421 g/mol. The van der Waals surface area contributed by atoms with Gasteiger partial charge in [-0.2, -0.15) is 0 Å². The Kier molecular flexibility index (Phi) is 7.65. The molecule has 0 aromatic heterocycles. The molecule has 1 aliphatic rings. The maximum atomic E-state index is 13.4. The average molecular weight is 450 g/mol. The minimum atomic E-state index is -0.294. The normalized spacial score (nSPS) is 15.2. The first-order chi connectivity index (χ1) is 16.1. The van der Waals surface area contributed by atoms with Gasteiger partial charge in [0.05, 0.1) is 32.2 Å². The third-order valence-corrected chi connectivity index (χ3v) is 5.91. The molecular formula is C26H28FN3O3. The molecule has 0 radical (unpaired) electrons. The number of ether oxygens (including phenoxy) is 1. The number of fused-ring (bicyclic) bond motifs is 1. The molecule has 172 valence electrons. The van der Waals surface area contributed by atoms with E-state index in [1.54, 1.807) is 12.1 Å². The Labute approximate surface area is 192 Å². The van der Waals surface area contributed by atoms with Crippen LogP contribution in [0.4, 0.5) is 4.39 Å². The van der Waals surface area contributed by atoms with Gasteiger partial charge in [0.2, 0.25) is 11.8 Å². The summed E-state index contributed by atoms with van der Waals surface area (Å²) in [6.07, 6.45) is 0.209. The predicted molar refractivity (Wildman–Crippen MR) is 125 cm³/mol. The van der Waals surface area contributed by atoms with Crippen molar-refractivity contribution >= 4 is 22.6 Å². The lowest BCUT2D eigenvalue weighted by Crippen LogP contribution is -2.45. The van der Waals surface area contributed by atoms with Crippen molar-refractivity contribution in [2.24, 2.45) is 0 Å². The van der Waals surface area contributed by atoms with Crippen LogP contribution < -0.4 is 10.6 Å². The van der Waals surface area contributed by atoms with Crippen molar-refractivity contribution in [3.05, 3.63) is 83.7 Å². The largest absolute Gasteiger partial charge is 0.379 e. The summed E-state index contributed by atoms with van der Waals surface area (Å²) in [6.45, 7) is 2.98. The molecule has 1 fully saturated rings. The Hall–Kier alpha value is -3.29. The number of nitrogens with one attached hydrogen (secondary N) is 2. The van der Waals surface area contributed by atoms with Gasteiger partial charge >= 0.3 is 0 Å². The van der Waals surface area contributed by atoms with Gasteiger partial charge in [-0.05, 0) is 34.0 Å². The SMILES string of the molecule is O=C(CNC(=O)Cc1cccc2ccccc12)NC[C@@H](c1ccc(F)cc1)N1CCOCC1. The van der Waals surface area contributed by atoms with Crippen molar-refractivity contribution in [1.82, 2.24) is 15.5 Å². The number of nitrogens with zero attached hydrogens (tertiary/aromatic N) is 1. The van der Waals surface area contributed by atoms with Crippen molar-refractivity contribution in [2.75, 3.05) is 39.4 Å². The lowest BCUT2D eigenvalue weighted by Gasteiger charge is -2.35. The Morgan fingerprint density at radius 2 is 1.64 bits per heavy atom. The van der Waals surface area contributed by atoms with Gasteiger partial charge < -0.3 is 15.4 Å². The first-order valence-electron chi connectivity index (χ1n) is 11.2. The van der Waals surface area contributed by atoms with E-state index < -0.39 is 0 Å². The third kappa shape index (κ3) is 6.15. The molecule has 4 rings (SSSR count). The zero-order chi connectivity index (χ0) is 23.0. The molecule has 3 aromatic rings. The van der Waals surface area contributed by atoms with Crippen molar-refractivity contribution in [2.45, 2.75) is 12.5 Å². The van der Waals surface area contributed by atoms with Gasteiger partial charge in [0.15, 0.2) is 0 Å². The van der Waals surface area contributed by atoms with Gasteiger partial charge in [-0.3, -0.25) is 14.5 Å². The maximum absolute atomic E-state index is 13.4. The summed E-state index contributed by atoms with van der Waals surface area (Å²) in [4.78, 5) is 27.1. The lowest BCUT2D eigenvalue weighted by molar-refractivity contribution is -0.125. The highest BCUT2D eigenvalue weighted by atomic mass is 19.1. The summed E-state index contributed by atoms with van der Waals surface area (Å²) in [7, 11) is 0. The molecule has 1 saturated heterocycles. The quantitative estimate of drug-likeness (QED) is 0.555. The summed E-state index contributed by atoms with van der Waals surface area (Å²) in [6, 6.07) is 20.0. The fraction of sp³-hybridized carbons (Fsp3) is 0.308. The van der Waals surface area contributed by atoms with Gasteiger partial charge in [0.25, 0.3) is 0 Å². The van der Waals surface area contributed by atoms with E-state index in [9.17, 15) is 14.0 Å². The fourth-order valence-corrected chi connectivity index (χ4v) is 4.17. The molecule has 0 unspecified atom stereocenters. The summed E-state index contributed by atoms with van der Waals surface area (Å²) in [5.74, 6) is -0.760. The second-order valence-corrected chi connectivity index (χ2v) is 8.11. The van der Waals surface area contributed by atoms with E-state index in [-0.39, 0.29) is 36.6 Å². The number of carbonyl (C=O) groups is 2. The standard InChI is InChI=1S/C26H28FN3O3/c27-22-10-8-20(9-11-22)24(30-12-14-33-15-13-30)17-28-26(32)18-29-25(31)16-21-6-3-5-19-4-1-2-7-23(19)21/h1-11,24H,12-18H2,(H,28,32)(H,29,31)/t24-/m0/s1. The monoisotopic (exact) mass is 449 g/mol. The number of hydrogen-bond donors (Lipinski definition) is 2. The molecule has 33 heavy (non-hydrogen) atoms. The van der Waals surface area contributed by atoms with Crippen LogP contribution in [-0.2, 0) is 20.7 Å². The van der Waals surface area contributed by atoms with Crippen molar-refractivity contribution in [3.63, 3.8) is 0 Å². The van der Waals surface area contributed by atoms with Crippen LogP contribution in [0.2, 0.25) is 0 Å². The van der Waals surface area contributed by atoms with Gasteiger partial charge in [-0.15, -0.1) is 0 Å². The van der Waals surface area contributed by atoms with E-state index in [1.807, 2.05) is 42.5 Å². The Balaban J connectivity index is 1.31. The van der Waals surface area contributed by atoms with Crippen LogP contribution in [0, 0.1) is 5.82 Å². The molecule has 6 nitrogen and oxygen atoms in total. The number of rotatable bonds is 8. The van der Waals surface area contributed by atoms with Crippen LogP contribution >= 0.6 is 0 Å². The van der Waals surface area contributed by atoms with Crippen LogP contribution in [0.5, 0.6) is 0 Å². The van der Waals surface area contributed by atoms with Crippen molar-refractivity contribution < 1.29 is 18.7 Å². The van der Waals surface area contributed by atoms with Crippen LogP contribution in [0.25, 0.3) is 10.8 Å². The van der Waals surface area contributed by atoms with E-state index >= 15 is 0 Å². The van der Waals surface area contributed by atoms with E-state index in [0.29, 0.717) is 19.8 Å². The smallest absolute Gasteiger partial charge is 0.239 e. The fourth-order valence-electron chi connectivity index (χ4n) is 4.17. The first-order valence-corrected chi connectivity index (χ1v) is 11.2. The number of morpholine rings is 1. The molecule has 0 spiro atoms. The highest BCUT2D eigenvalue weighted by molar-refractivity contribution is 5.91. The van der Waals surface area contributed by atoms with Crippen molar-refractivity contribution in [1.29, 1.82) is 0 Å². The molecule has 2 N–H and O–H groups in total. The molecule has 7 heteroatoms. The highest BCUT2D eigenvalue weighted by Gasteiger charge is 2.23. The number of benzene rings is 3. The van der Waals surface area contributed by atoms with E-state index in [2.05, 4.69) is 15.5 Å². The zero-order valence-electron chi connectivity index (χ0n) is 18.4. The molecule has 1 atom stereocenters. The number of carbonyl (C=O) groups excluding carboxylic acids is 2. The average Bonchev–Trinajstić information content (AvgIpc) is 2.85. The zero-order valence-corrected chi connectivity index (χ0v) is 18.4. The summed E-state index contributed by atoms with van der Waals surface area (Å²) >= 11 is 0.